The van der Waals surface area contributed by atoms with Gasteiger partial charge in [-0.3, -0.25) is 5.10 Å². The molecule has 0 aliphatic carbocycles. The van der Waals surface area contributed by atoms with Crippen molar-refractivity contribution in [2.45, 2.75) is 33.2 Å². The SMILES string of the molecule is COCCOCCCCNCc1c(C)n[nH]c1C. The maximum atomic E-state index is 5.40. The molecule has 1 aromatic heterocycles. The molecule has 0 radical (unpaired) electrons. The predicted octanol–water partition coefficient (Wildman–Crippen LogP) is 1.56. The molecule has 0 atom stereocenters. The van der Waals surface area contributed by atoms with Gasteiger partial charge in [-0.05, 0) is 33.2 Å². The number of unbranched alkanes of at least 4 members (excludes halogenated alkanes) is 1. The van der Waals surface area contributed by atoms with Gasteiger partial charge < -0.3 is 14.8 Å². The van der Waals surface area contributed by atoms with Gasteiger partial charge in [-0.1, -0.05) is 0 Å². The number of nitrogens with one attached hydrogen (secondary N) is 2. The maximum Gasteiger partial charge on any atom is 0.0700 e. The molecule has 0 fully saturated rings. The van der Waals surface area contributed by atoms with E-state index >= 15 is 0 Å². The van der Waals surface area contributed by atoms with E-state index in [1.807, 2.05) is 6.92 Å². The molecule has 0 aliphatic rings. The second-order valence-corrected chi connectivity index (χ2v) is 4.40. The van der Waals surface area contributed by atoms with Crippen LogP contribution in [0.15, 0.2) is 0 Å². The van der Waals surface area contributed by atoms with E-state index in [0.29, 0.717) is 13.2 Å². The van der Waals surface area contributed by atoms with Gasteiger partial charge in [0.15, 0.2) is 0 Å². The van der Waals surface area contributed by atoms with Crippen molar-refractivity contribution in [2.75, 3.05) is 33.5 Å². The molecule has 1 aromatic rings. The zero-order chi connectivity index (χ0) is 13.2. The first-order valence-corrected chi connectivity index (χ1v) is 6.53. The normalized spacial score (nSPS) is 11.1. The van der Waals surface area contributed by atoms with Gasteiger partial charge in [0.2, 0.25) is 0 Å². The highest BCUT2D eigenvalue weighted by molar-refractivity contribution is 5.22. The molecule has 0 spiro atoms. The van der Waals surface area contributed by atoms with Crippen LogP contribution in [0, 0.1) is 13.8 Å². The number of aromatic amines is 1. The van der Waals surface area contributed by atoms with Crippen LogP contribution in [0.25, 0.3) is 0 Å². The van der Waals surface area contributed by atoms with E-state index < -0.39 is 0 Å². The molecule has 1 rings (SSSR count). The second kappa shape index (κ2) is 9.08. The summed E-state index contributed by atoms with van der Waals surface area (Å²) in [5.74, 6) is 0. The highest BCUT2D eigenvalue weighted by Gasteiger charge is 2.04. The van der Waals surface area contributed by atoms with Gasteiger partial charge in [-0.2, -0.15) is 5.10 Å². The minimum Gasteiger partial charge on any atom is -0.382 e. The molecule has 0 saturated carbocycles. The average Bonchev–Trinajstić information content (AvgIpc) is 2.68. The van der Waals surface area contributed by atoms with E-state index in [9.17, 15) is 0 Å². The van der Waals surface area contributed by atoms with Crippen LogP contribution >= 0.6 is 0 Å². The van der Waals surface area contributed by atoms with Crippen LogP contribution in [-0.2, 0) is 16.0 Å². The molecule has 0 unspecified atom stereocenters. The summed E-state index contributed by atoms with van der Waals surface area (Å²) in [6.07, 6.45) is 2.21. The lowest BCUT2D eigenvalue weighted by Crippen LogP contribution is -2.16. The molecule has 5 heteroatoms. The van der Waals surface area contributed by atoms with E-state index in [1.165, 1.54) is 5.56 Å². The Hall–Kier alpha value is -0.910. The molecule has 0 saturated heterocycles. The minimum atomic E-state index is 0.678. The van der Waals surface area contributed by atoms with Gasteiger partial charge in [0.1, 0.15) is 0 Å². The Balaban J connectivity index is 1.96. The number of H-pyrrole nitrogens is 1. The van der Waals surface area contributed by atoms with Crippen molar-refractivity contribution < 1.29 is 9.47 Å². The monoisotopic (exact) mass is 255 g/mol. The summed E-state index contributed by atoms with van der Waals surface area (Å²) in [5, 5.41) is 10.6. The van der Waals surface area contributed by atoms with Crippen molar-refractivity contribution >= 4 is 0 Å². The zero-order valence-electron chi connectivity index (χ0n) is 11.7. The van der Waals surface area contributed by atoms with Crippen LogP contribution in [0.4, 0.5) is 0 Å². The number of methoxy groups -OCH3 is 1. The second-order valence-electron chi connectivity index (χ2n) is 4.40. The van der Waals surface area contributed by atoms with Crippen LogP contribution in [0.2, 0.25) is 0 Å². The summed E-state index contributed by atoms with van der Waals surface area (Å²) in [6, 6.07) is 0. The van der Waals surface area contributed by atoms with Gasteiger partial charge in [0.05, 0.1) is 18.9 Å². The molecule has 5 nitrogen and oxygen atoms in total. The molecule has 18 heavy (non-hydrogen) atoms. The molecule has 0 aliphatic heterocycles. The van der Waals surface area contributed by atoms with Gasteiger partial charge in [0, 0.05) is 31.5 Å². The lowest BCUT2D eigenvalue weighted by Gasteiger charge is -2.06. The van der Waals surface area contributed by atoms with Crippen LogP contribution in [-0.4, -0.2) is 43.7 Å². The van der Waals surface area contributed by atoms with Crippen LogP contribution in [0.1, 0.15) is 29.8 Å². The van der Waals surface area contributed by atoms with E-state index in [4.69, 9.17) is 9.47 Å². The molecule has 0 amide bonds. The summed E-state index contributed by atoms with van der Waals surface area (Å²) >= 11 is 0. The Labute approximate surface area is 109 Å². The summed E-state index contributed by atoms with van der Waals surface area (Å²) in [4.78, 5) is 0. The molecule has 0 bridgehead atoms. The van der Waals surface area contributed by atoms with Crippen LogP contribution in [0.3, 0.4) is 0 Å². The number of aromatic nitrogens is 2. The Morgan fingerprint density at radius 1 is 1.17 bits per heavy atom. The van der Waals surface area contributed by atoms with Crippen molar-refractivity contribution in [1.82, 2.24) is 15.5 Å². The van der Waals surface area contributed by atoms with Crippen molar-refractivity contribution in [3.05, 3.63) is 17.0 Å². The van der Waals surface area contributed by atoms with E-state index in [1.54, 1.807) is 7.11 Å². The van der Waals surface area contributed by atoms with Gasteiger partial charge >= 0.3 is 0 Å². The van der Waals surface area contributed by atoms with Crippen molar-refractivity contribution in [3.8, 4) is 0 Å². The highest BCUT2D eigenvalue weighted by Crippen LogP contribution is 2.08. The van der Waals surface area contributed by atoms with E-state index in [0.717, 1.165) is 43.9 Å². The Kier molecular flexibility index (Phi) is 7.64. The Morgan fingerprint density at radius 2 is 2.00 bits per heavy atom. The van der Waals surface area contributed by atoms with Crippen LogP contribution < -0.4 is 5.32 Å². The Bertz CT molecular complexity index is 307. The molecule has 2 N–H and O–H groups in total. The Morgan fingerprint density at radius 3 is 2.67 bits per heavy atom. The fourth-order valence-electron chi connectivity index (χ4n) is 1.75. The molecule has 0 aromatic carbocycles. The largest absolute Gasteiger partial charge is 0.382 e. The smallest absolute Gasteiger partial charge is 0.0700 e. The fraction of sp³-hybridized carbons (Fsp3) is 0.769. The van der Waals surface area contributed by atoms with E-state index in [-0.39, 0.29) is 0 Å². The molecule has 1 heterocycles. The highest BCUT2D eigenvalue weighted by atomic mass is 16.5. The lowest BCUT2D eigenvalue weighted by molar-refractivity contribution is 0.0688. The molecular weight excluding hydrogens is 230 g/mol. The fourth-order valence-corrected chi connectivity index (χ4v) is 1.75. The van der Waals surface area contributed by atoms with Gasteiger partial charge in [0.25, 0.3) is 0 Å². The first-order chi connectivity index (χ1) is 8.75. The topological polar surface area (TPSA) is 59.2 Å². The zero-order valence-corrected chi connectivity index (χ0v) is 11.7. The minimum absolute atomic E-state index is 0.678. The van der Waals surface area contributed by atoms with Gasteiger partial charge in [-0.25, -0.2) is 0 Å². The van der Waals surface area contributed by atoms with E-state index in [2.05, 4.69) is 22.4 Å². The van der Waals surface area contributed by atoms with Crippen molar-refractivity contribution in [2.24, 2.45) is 0 Å². The number of hydrogen-bond acceptors (Lipinski definition) is 4. The maximum absolute atomic E-state index is 5.40. The number of hydrogen-bond donors (Lipinski definition) is 2. The summed E-state index contributed by atoms with van der Waals surface area (Å²) in [5.41, 5.74) is 3.53. The summed E-state index contributed by atoms with van der Waals surface area (Å²) < 4.78 is 10.3. The van der Waals surface area contributed by atoms with Crippen molar-refractivity contribution in [1.29, 1.82) is 0 Å². The third-order valence-corrected chi connectivity index (χ3v) is 2.91. The molecular formula is C13H25N3O2. The third-order valence-electron chi connectivity index (χ3n) is 2.91. The van der Waals surface area contributed by atoms with Crippen molar-refractivity contribution in [3.63, 3.8) is 0 Å². The number of ether oxygens (including phenoxy) is 2. The number of rotatable bonds is 10. The van der Waals surface area contributed by atoms with Gasteiger partial charge in [-0.15, -0.1) is 0 Å². The first kappa shape index (κ1) is 15.1. The standard InChI is InChI=1S/C13H25N3O2/c1-11-13(12(2)16-15-11)10-14-6-4-5-7-18-9-8-17-3/h14H,4-10H2,1-3H3,(H,15,16). The third kappa shape index (κ3) is 5.62. The lowest BCUT2D eigenvalue weighted by atomic mass is 10.2. The first-order valence-electron chi connectivity index (χ1n) is 6.53. The average molecular weight is 255 g/mol. The summed E-state index contributed by atoms with van der Waals surface area (Å²) in [7, 11) is 1.69. The predicted molar refractivity (Wildman–Crippen MR) is 71.7 cm³/mol. The quantitative estimate of drug-likeness (QED) is 0.623. The summed E-state index contributed by atoms with van der Waals surface area (Å²) in [6.45, 7) is 8.17. The number of aryl methyl sites for hydroxylation is 2. The van der Waals surface area contributed by atoms with Crippen LogP contribution in [0.5, 0.6) is 0 Å². The molecule has 104 valence electrons. The number of nitrogens with zero attached hydrogens (tertiary/aromatic N) is 1.